The molecule has 0 spiro atoms. The first-order valence-electron chi connectivity index (χ1n) is 7.18. The molecule has 128 valence electrons. The molecule has 0 radical (unpaired) electrons. The van der Waals surface area contributed by atoms with Crippen LogP contribution in [0.25, 0.3) is 16.4 Å². The summed E-state index contributed by atoms with van der Waals surface area (Å²) in [5.41, 5.74) is 1.71. The Balaban J connectivity index is 2.04. The van der Waals surface area contributed by atoms with Crippen molar-refractivity contribution in [2.75, 3.05) is 18.3 Å². The Morgan fingerprint density at radius 2 is 2.08 bits per heavy atom. The van der Waals surface area contributed by atoms with Crippen LogP contribution in [0.4, 0.5) is 5.82 Å². The highest BCUT2D eigenvalue weighted by molar-refractivity contribution is 7.12. The number of anilines is 1. The molecular weight excluding hydrogens is 364 g/mol. The summed E-state index contributed by atoms with van der Waals surface area (Å²) in [6, 6.07) is 11.2. The van der Waals surface area contributed by atoms with Gasteiger partial charge in [0.2, 0.25) is 11.0 Å². The topological polar surface area (TPSA) is 86.1 Å². The van der Waals surface area contributed by atoms with Crippen molar-refractivity contribution in [3.05, 3.63) is 47.5 Å². The summed E-state index contributed by atoms with van der Waals surface area (Å²) in [5.74, 6) is -0.677. The molecule has 9 heteroatoms. The van der Waals surface area contributed by atoms with Crippen LogP contribution in [0.1, 0.15) is 10.5 Å². The van der Waals surface area contributed by atoms with Crippen LogP contribution in [0.2, 0.25) is 0 Å². The number of nitrogens with zero attached hydrogens (tertiary/aromatic N) is 3. The fraction of sp³-hybridized carbons (Fsp3) is 0.125. The molecule has 3 aromatic rings. The number of carbonyl (C=O) groups excluding carboxylic acids is 2. The zero-order chi connectivity index (χ0) is 17.8. The van der Waals surface area contributed by atoms with Gasteiger partial charge >= 0.3 is 5.97 Å². The molecular formula is C16H13ClN4O3S. The standard InChI is InChI=1S/C16H13ClN4O3S/c1-24-15(23)12-9-25-16(18-12)21-13(19-14(22)8-17)7-11(20-21)10-5-3-2-4-6-10/h2-7,9H,8H2,1H3,(H,19,22). The van der Waals surface area contributed by atoms with Crippen LogP contribution in [0.5, 0.6) is 0 Å². The number of amides is 1. The van der Waals surface area contributed by atoms with Gasteiger partial charge in [-0.15, -0.1) is 22.9 Å². The van der Waals surface area contributed by atoms with Gasteiger partial charge in [-0.1, -0.05) is 30.3 Å². The Bertz CT molecular complexity index is 907. The van der Waals surface area contributed by atoms with E-state index in [1.807, 2.05) is 30.3 Å². The third-order valence-electron chi connectivity index (χ3n) is 3.24. The second-order valence-electron chi connectivity index (χ2n) is 4.88. The number of rotatable bonds is 5. The average Bonchev–Trinajstić information content (AvgIpc) is 3.28. The lowest BCUT2D eigenvalue weighted by atomic mass is 10.2. The Hall–Kier alpha value is -2.71. The van der Waals surface area contributed by atoms with Gasteiger partial charge in [-0.2, -0.15) is 9.78 Å². The molecule has 0 saturated heterocycles. The number of nitrogens with one attached hydrogen (secondary N) is 1. The number of hydrogen-bond donors (Lipinski definition) is 1. The molecule has 0 aliphatic carbocycles. The maximum atomic E-state index is 11.7. The van der Waals surface area contributed by atoms with Gasteiger partial charge in [-0.05, 0) is 0 Å². The fourth-order valence-corrected chi connectivity index (χ4v) is 2.92. The minimum atomic E-state index is -0.538. The summed E-state index contributed by atoms with van der Waals surface area (Å²) in [5, 5.41) is 9.16. The van der Waals surface area contributed by atoms with Gasteiger partial charge in [0.15, 0.2) is 5.69 Å². The number of halogens is 1. The van der Waals surface area contributed by atoms with Crippen molar-refractivity contribution in [2.24, 2.45) is 0 Å². The van der Waals surface area contributed by atoms with Crippen molar-refractivity contribution < 1.29 is 14.3 Å². The quantitative estimate of drug-likeness (QED) is 0.546. The van der Waals surface area contributed by atoms with Gasteiger partial charge in [0.25, 0.3) is 0 Å². The SMILES string of the molecule is COC(=O)c1csc(-n2nc(-c3ccccc3)cc2NC(=O)CCl)n1. The highest BCUT2D eigenvalue weighted by Gasteiger charge is 2.18. The zero-order valence-electron chi connectivity index (χ0n) is 13.1. The Kier molecular flexibility index (Phi) is 5.11. The van der Waals surface area contributed by atoms with Crippen LogP contribution in [0.15, 0.2) is 41.8 Å². The van der Waals surface area contributed by atoms with Crippen LogP contribution in [-0.2, 0) is 9.53 Å². The second-order valence-corrected chi connectivity index (χ2v) is 5.99. The lowest BCUT2D eigenvalue weighted by Crippen LogP contribution is -2.15. The minimum absolute atomic E-state index is 0.175. The van der Waals surface area contributed by atoms with E-state index in [9.17, 15) is 9.59 Å². The van der Waals surface area contributed by atoms with E-state index >= 15 is 0 Å². The molecule has 0 aliphatic heterocycles. The lowest BCUT2D eigenvalue weighted by Gasteiger charge is -2.04. The number of methoxy groups -OCH3 is 1. The van der Waals surface area contributed by atoms with Crippen molar-refractivity contribution in [1.82, 2.24) is 14.8 Å². The summed E-state index contributed by atoms with van der Waals surface area (Å²) >= 11 is 6.78. The molecule has 1 N–H and O–H groups in total. The summed E-state index contributed by atoms with van der Waals surface area (Å²) in [6.45, 7) is 0. The van der Waals surface area contributed by atoms with Crippen LogP contribution in [0.3, 0.4) is 0 Å². The maximum absolute atomic E-state index is 11.7. The van der Waals surface area contributed by atoms with E-state index in [1.54, 1.807) is 11.4 Å². The normalized spacial score (nSPS) is 10.5. The highest BCUT2D eigenvalue weighted by atomic mass is 35.5. The molecule has 2 heterocycles. The minimum Gasteiger partial charge on any atom is -0.464 e. The number of benzene rings is 1. The smallest absolute Gasteiger partial charge is 0.357 e. The fourth-order valence-electron chi connectivity index (χ4n) is 2.10. The molecule has 1 aromatic carbocycles. The number of hydrogen-bond acceptors (Lipinski definition) is 6. The summed E-state index contributed by atoms with van der Waals surface area (Å²) < 4.78 is 6.12. The molecule has 3 rings (SSSR count). The third-order valence-corrected chi connectivity index (χ3v) is 4.29. The van der Waals surface area contributed by atoms with Crippen LogP contribution >= 0.6 is 22.9 Å². The van der Waals surface area contributed by atoms with Crippen molar-refractivity contribution >= 4 is 40.6 Å². The molecule has 25 heavy (non-hydrogen) atoms. The summed E-state index contributed by atoms with van der Waals surface area (Å²) in [6.07, 6.45) is 0. The van der Waals surface area contributed by atoms with Gasteiger partial charge in [-0.3, -0.25) is 4.79 Å². The Morgan fingerprint density at radius 1 is 1.32 bits per heavy atom. The Labute approximate surface area is 152 Å². The van der Waals surface area contributed by atoms with Crippen molar-refractivity contribution in [1.29, 1.82) is 0 Å². The van der Waals surface area contributed by atoms with E-state index in [4.69, 9.17) is 11.6 Å². The van der Waals surface area contributed by atoms with Crippen molar-refractivity contribution in [3.8, 4) is 16.4 Å². The molecule has 0 fully saturated rings. The van der Waals surface area contributed by atoms with E-state index in [2.05, 4.69) is 20.1 Å². The van der Waals surface area contributed by atoms with Gasteiger partial charge in [-0.25, -0.2) is 9.78 Å². The van der Waals surface area contributed by atoms with Crippen LogP contribution < -0.4 is 5.32 Å². The molecule has 0 saturated carbocycles. The molecule has 7 nitrogen and oxygen atoms in total. The van der Waals surface area contributed by atoms with Gasteiger partial charge in [0.1, 0.15) is 11.7 Å². The maximum Gasteiger partial charge on any atom is 0.357 e. The van der Waals surface area contributed by atoms with Gasteiger partial charge in [0.05, 0.1) is 12.8 Å². The molecule has 0 unspecified atom stereocenters. The summed E-state index contributed by atoms with van der Waals surface area (Å²) in [4.78, 5) is 27.5. The first-order chi connectivity index (χ1) is 12.1. The van der Waals surface area contributed by atoms with Crippen LogP contribution in [-0.4, -0.2) is 39.6 Å². The number of alkyl halides is 1. The molecule has 2 aromatic heterocycles. The van der Waals surface area contributed by atoms with Crippen molar-refractivity contribution in [2.45, 2.75) is 0 Å². The predicted octanol–water partition coefficient (Wildman–Crippen LogP) is 2.96. The molecule has 0 aliphatic rings. The van der Waals surface area contributed by atoms with Crippen molar-refractivity contribution in [3.63, 3.8) is 0 Å². The van der Waals surface area contributed by atoms with E-state index < -0.39 is 5.97 Å². The van der Waals surface area contributed by atoms with E-state index in [1.165, 1.54) is 23.1 Å². The average molecular weight is 377 g/mol. The molecule has 1 amide bonds. The second kappa shape index (κ2) is 7.45. The zero-order valence-corrected chi connectivity index (χ0v) is 14.7. The lowest BCUT2D eigenvalue weighted by molar-refractivity contribution is -0.114. The number of aromatic nitrogens is 3. The molecule has 0 bridgehead atoms. The monoisotopic (exact) mass is 376 g/mol. The largest absolute Gasteiger partial charge is 0.464 e. The third kappa shape index (κ3) is 3.70. The Morgan fingerprint density at radius 3 is 2.76 bits per heavy atom. The number of esters is 1. The van der Waals surface area contributed by atoms with Gasteiger partial charge < -0.3 is 10.1 Å². The predicted molar refractivity (Wildman–Crippen MR) is 95.4 cm³/mol. The highest BCUT2D eigenvalue weighted by Crippen LogP contribution is 2.26. The number of ether oxygens (including phenoxy) is 1. The number of thiazole rings is 1. The first kappa shape index (κ1) is 17.1. The summed E-state index contributed by atoms with van der Waals surface area (Å²) in [7, 11) is 1.29. The molecule has 0 atom stereocenters. The number of carbonyl (C=O) groups is 2. The van der Waals surface area contributed by atoms with Crippen LogP contribution in [0, 0.1) is 0 Å². The van der Waals surface area contributed by atoms with E-state index in [0.717, 1.165) is 5.56 Å². The van der Waals surface area contributed by atoms with E-state index in [0.29, 0.717) is 16.6 Å². The first-order valence-corrected chi connectivity index (χ1v) is 8.59. The van der Waals surface area contributed by atoms with Gasteiger partial charge in [0, 0.05) is 17.0 Å². The van der Waals surface area contributed by atoms with E-state index in [-0.39, 0.29) is 17.5 Å².